The van der Waals surface area contributed by atoms with Gasteiger partial charge >= 0.3 is 0 Å². The number of carbonyl (C=O) groups excluding carboxylic acids is 1. The maximum absolute atomic E-state index is 13.3. The van der Waals surface area contributed by atoms with Gasteiger partial charge < -0.3 is 9.80 Å². The average molecular weight is 469 g/mol. The number of carbonyl (C=O) groups is 1. The molecule has 1 aliphatic rings. The Hall–Kier alpha value is -3.18. The third-order valence-electron chi connectivity index (χ3n) is 7.33. The van der Waals surface area contributed by atoms with Crippen molar-refractivity contribution in [3.8, 4) is 5.69 Å². The number of fused-ring (bicyclic) bond motifs is 3. The van der Waals surface area contributed by atoms with Gasteiger partial charge in [-0.3, -0.25) is 9.36 Å². The lowest BCUT2D eigenvalue weighted by atomic mass is 10.0. The Morgan fingerprint density at radius 2 is 1.69 bits per heavy atom. The van der Waals surface area contributed by atoms with Crippen LogP contribution in [0.5, 0.6) is 0 Å². The summed E-state index contributed by atoms with van der Waals surface area (Å²) >= 11 is 0. The molecule has 5 heteroatoms. The van der Waals surface area contributed by atoms with E-state index in [0.717, 1.165) is 53.0 Å². The Labute approximate surface area is 208 Å². The van der Waals surface area contributed by atoms with Crippen LogP contribution in [0, 0.1) is 27.7 Å². The SMILES string of the molecule is CCC(=O)N(CCN1CCCC1)c1cc(C)nc2c1c1ccccc1n2-c1c(C)cc(C)cc1C. The molecule has 182 valence electrons. The van der Waals surface area contributed by atoms with Crippen molar-refractivity contribution in [1.82, 2.24) is 14.5 Å². The molecule has 1 aliphatic heterocycles. The first-order valence-electron chi connectivity index (χ1n) is 12.9. The van der Waals surface area contributed by atoms with E-state index >= 15 is 0 Å². The van der Waals surface area contributed by atoms with Crippen molar-refractivity contribution in [3.63, 3.8) is 0 Å². The number of pyridine rings is 1. The van der Waals surface area contributed by atoms with Gasteiger partial charge in [0.1, 0.15) is 5.65 Å². The first kappa shape index (κ1) is 23.6. The van der Waals surface area contributed by atoms with E-state index in [0.29, 0.717) is 13.0 Å². The predicted molar refractivity (Wildman–Crippen MR) is 146 cm³/mol. The van der Waals surface area contributed by atoms with Crippen molar-refractivity contribution in [2.45, 2.75) is 53.9 Å². The number of aryl methyl sites for hydroxylation is 4. The van der Waals surface area contributed by atoms with Gasteiger partial charge in [-0.15, -0.1) is 0 Å². The Morgan fingerprint density at radius 1 is 1.00 bits per heavy atom. The van der Waals surface area contributed by atoms with E-state index in [1.807, 2.05) is 18.7 Å². The maximum atomic E-state index is 13.3. The first-order valence-corrected chi connectivity index (χ1v) is 12.9. The summed E-state index contributed by atoms with van der Waals surface area (Å²) in [6.45, 7) is 14.4. The normalized spacial score (nSPS) is 14.3. The standard InChI is InChI=1S/C30H36N4O/c1-6-27(35)33(16-15-32-13-9-10-14-32)26-19-23(5)31-30-28(26)24-11-7-8-12-25(24)34(30)29-21(3)17-20(2)18-22(29)4/h7-8,11-12,17-19H,6,9-10,13-16H2,1-5H3. The largest absolute Gasteiger partial charge is 0.310 e. The Kier molecular flexibility index (Phi) is 6.37. The monoisotopic (exact) mass is 468 g/mol. The third-order valence-corrected chi connectivity index (χ3v) is 7.33. The second-order valence-electron chi connectivity index (χ2n) is 10.0. The van der Waals surface area contributed by atoms with Crippen LogP contribution in [-0.4, -0.2) is 46.5 Å². The fourth-order valence-corrected chi connectivity index (χ4v) is 5.84. The lowest BCUT2D eigenvalue weighted by molar-refractivity contribution is -0.118. The van der Waals surface area contributed by atoms with Crippen molar-refractivity contribution >= 4 is 33.5 Å². The highest BCUT2D eigenvalue weighted by atomic mass is 16.2. The molecule has 0 spiro atoms. The number of likely N-dealkylation sites (tertiary alicyclic amines) is 1. The van der Waals surface area contributed by atoms with Gasteiger partial charge in [-0.1, -0.05) is 42.8 Å². The Balaban J connectivity index is 1.78. The van der Waals surface area contributed by atoms with Crippen LogP contribution in [-0.2, 0) is 4.79 Å². The smallest absolute Gasteiger partial charge is 0.226 e. The van der Waals surface area contributed by atoms with Gasteiger partial charge in [-0.25, -0.2) is 4.98 Å². The van der Waals surface area contributed by atoms with Crippen molar-refractivity contribution in [3.05, 3.63) is 64.8 Å². The molecule has 0 atom stereocenters. The van der Waals surface area contributed by atoms with E-state index in [9.17, 15) is 4.79 Å². The zero-order valence-corrected chi connectivity index (χ0v) is 21.7. The molecule has 5 rings (SSSR count). The molecule has 5 nitrogen and oxygen atoms in total. The van der Waals surface area contributed by atoms with Gasteiger partial charge in [0.2, 0.25) is 5.91 Å². The molecule has 0 N–H and O–H groups in total. The molecular weight excluding hydrogens is 432 g/mol. The summed E-state index contributed by atoms with van der Waals surface area (Å²) in [4.78, 5) is 22.9. The molecule has 0 bridgehead atoms. The van der Waals surface area contributed by atoms with Crippen molar-refractivity contribution in [2.75, 3.05) is 31.1 Å². The lowest BCUT2D eigenvalue weighted by Crippen LogP contribution is -2.38. The fourth-order valence-electron chi connectivity index (χ4n) is 5.84. The Bertz CT molecular complexity index is 1390. The van der Waals surface area contributed by atoms with Gasteiger partial charge in [-0.2, -0.15) is 0 Å². The van der Waals surface area contributed by atoms with Crippen molar-refractivity contribution in [2.24, 2.45) is 0 Å². The Morgan fingerprint density at radius 3 is 2.37 bits per heavy atom. The highest BCUT2D eigenvalue weighted by molar-refractivity contribution is 6.16. The third kappa shape index (κ3) is 4.23. The number of benzene rings is 2. The fraction of sp³-hybridized carbons (Fsp3) is 0.400. The van der Waals surface area contributed by atoms with E-state index in [2.05, 4.69) is 72.7 Å². The summed E-state index contributed by atoms with van der Waals surface area (Å²) in [5.74, 6) is 0.163. The van der Waals surface area contributed by atoms with Crippen molar-refractivity contribution < 1.29 is 4.79 Å². The van der Waals surface area contributed by atoms with E-state index in [4.69, 9.17) is 4.98 Å². The number of hydrogen-bond donors (Lipinski definition) is 0. The van der Waals surface area contributed by atoms with Crippen LogP contribution < -0.4 is 4.90 Å². The molecule has 0 aliphatic carbocycles. The van der Waals surface area contributed by atoms with Crippen LogP contribution in [0.25, 0.3) is 27.6 Å². The van der Waals surface area contributed by atoms with E-state index in [1.54, 1.807) is 0 Å². The minimum absolute atomic E-state index is 0.163. The van der Waals surface area contributed by atoms with Gasteiger partial charge in [-0.05, 0) is 76.9 Å². The zero-order valence-electron chi connectivity index (χ0n) is 21.7. The molecule has 35 heavy (non-hydrogen) atoms. The molecule has 2 aromatic heterocycles. The molecule has 0 unspecified atom stereocenters. The van der Waals surface area contributed by atoms with E-state index in [1.165, 1.54) is 35.2 Å². The molecule has 0 saturated carbocycles. The first-order chi connectivity index (χ1) is 16.9. The number of anilines is 1. The zero-order chi connectivity index (χ0) is 24.7. The van der Waals surface area contributed by atoms with Gasteiger partial charge in [0.15, 0.2) is 0 Å². The van der Waals surface area contributed by atoms with Crippen LogP contribution in [0.15, 0.2) is 42.5 Å². The van der Waals surface area contributed by atoms with E-state index in [-0.39, 0.29) is 5.91 Å². The quantitative estimate of drug-likeness (QED) is 0.336. The summed E-state index contributed by atoms with van der Waals surface area (Å²) in [5.41, 5.74) is 8.85. The van der Waals surface area contributed by atoms with Gasteiger partial charge in [0.05, 0.1) is 22.3 Å². The summed E-state index contributed by atoms with van der Waals surface area (Å²) < 4.78 is 2.31. The van der Waals surface area contributed by atoms with Crippen molar-refractivity contribution in [1.29, 1.82) is 0 Å². The maximum Gasteiger partial charge on any atom is 0.226 e. The van der Waals surface area contributed by atoms with Gasteiger partial charge in [0.25, 0.3) is 0 Å². The summed E-state index contributed by atoms with van der Waals surface area (Å²) in [6, 6.07) is 15.1. The van der Waals surface area contributed by atoms with Crippen LogP contribution in [0.3, 0.4) is 0 Å². The van der Waals surface area contributed by atoms with Crippen LogP contribution in [0.2, 0.25) is 0 Å². The average Bonchev–Trinajstić information content (AvgIpc) is 3.45. The molecule has 3 heterocycles. The lowest BCUT2D eigenvalue weighted by Gasteiger charge is -2.26. The van der Waals surface area contributed by atoms with Crippen LogP contribution >= 0.6 is 0 Å². The summed E-state index contributed by atoms with van der Waals surface area (Å²) in [6.07, 6.45) is 2.99. The van der Waals surface area contributed by atoms with E-state index < -0.39 is 0 Å². The number of aromatic nitrogens is 2. The summed E-state index contributed by atoms with van der Waals surface area (Å²) in [7, 11) is 0. The molecule has 1 fully saturated rings. The minimum Gasteiger partial charge on any atom is -0.310 e. The second kappa shape index (κ2) is 9.46. The highest BCUT2D eigenvalue weighted by Gasteiger charge is 2.25. The summed E-state index contributed by atoms with van der Waals surface area (Å²) in [5, 5.41) is 2.20. The molecular formula is C30H36N4O. The molecule has 0 radical (unpaired) electrons. The van der Waals surface area contributed by atoms with Crippen LogP contribution in [0.4, 0.5) is 5.69 Å². The number of rotatable bonds is 6. The predicted octanol–water partition coefficient (Wildman–Crippen LogP) is 6.25. The number of nitrogens with zero attached hydrogens (tertiary/aromatic N) is 4. The van der Waals surface area contributed by atoms with Crippen LogP contribution in [0.1, 0.15) is 48.6 Å². The minimum atomic E-state index is 0.163. The highest BCUT2D eigenvalue weighted by Crippen LogP contribution is 2.39. The number of para-hydroxylation sites is 1. The second-order valence-corrected chi connectivity index (χ2v) is 10.0. The van der Waals surface area contributed by atoms with Gasteiger partial charge in [0, 0.05) is 30.6 Å². The molecule has 4 aromatic rings. The molecule has 1 saturated heterocycles. The molecule has 1 amide bonds. The number of hydrogen-bond acceptors (Lipinski definition) is 3. The topological polar surface area (TPSA) is 41.4 Å². The number of amides is 1. The molecule has 2 aromatic carbocycles.